The summed E-state index contributed by atoms with van der Waals surface area (Å²) in [6.07, 6.45) is 4.77. The number of halogens is 2. The zero-order valence-corrected chi connectivity index (χ0v) is 16.4. The lowest BCUT2D eigenvalue weighted by Crippen LogP contribution is -2.58. The molecular formula is C21H22Cl2N2O2. The van der Waals surface area contributed by atoms with Crippen molar-refractivity contribution in [3.8, 4) is 0 Å². The van der Waals surface area contributed by atoms with E-state index in [1.807, 2.05) is 30.3 Å². The van der Waals surface area contributed by atoms with Crippen molar-refractivity contribution in [1.82, 2.24) is 10.6 Å². The molecule has 1 atom stereocenters. The second-order valence-electron chi connectivity index (χ2n) is 6.88. The molecule has 6 heteroatoms. The van der Waals surface area contributed by atoms with Crippen LogP contribution in [0, 0.1) is 0 Å². The van der Waals surface area contributed by atoms with Crippen LogP contribution in [-0.4, -0.2) is 17.9 Å². The molecule has 142 valence electrons. The SMILES string of the molecule is O=CNC1(C(=O)NC(c2ccc(Cl)cc2)c2ccccc2Cl)CCCCC1. The second kappa shape index (κ2) is 8.77. The first-order valence-corrected chi connectivity index (χ1v) is 9.83. The largest absolute Gasteiger partial charge is 0.344 e. The third kappa shape index (κ3) is 4.45. The van der Waals surface area contributed by atoms with Crippen molar-refractivity contribution in [2.45, 2.75) is 43.7 Å². The fraction of sp³-hybridized carbons (Fsp3) is 0.333. The number of amides is 2. The first kappa shape index (κ1) is 19.7. The molecule has 2 amide bonds. The van der Waals surface area contributed by atoms with Gasteiger partial charge in [-0.2, -0.15) is 0 Å². The van der Waals surface area contributed by atoms with Crippen LogP contribution in [0.4, 0.5) is 0 Å². The summed E-state index contributed by atoms with van der Waals surface area (Å²) in [6, 6.07) is 14.3. The molecule has 1 saturated carbocycles. The number of hydrogen-bond acceptors (Lipinski definition) is 2. The molecule has 1 fully saturated rings. The highest BCUT2D eigenvalue weighted by atomic mass is 35.5. The minimum absolute atomic E-state index is 0.186. The van der Waals surface area contributed by atoms with E-state index in [1.54, 1.807) is 18.2 Å². The van der Waals surface area contributed by atoms with E-state index in [9.17, 15) is 9.59 Å². The highest BCUT2D eigenvalue weighted by Crippen LogP contribution is 2.32. The van der Waals surface area contributed by atoms with E-state index in [2.05, 4.69) is 10.6 Å². The normalized spacial score (nSPS) is 17.0. The first-order valence-electron chi connectivity index (χ1n) is 9.08. The Labute approximate surface area is 169 Å². The maximum atomic E-state index is 13.2. The van der Waals surface area contributed by atoms with E-state index < -0.39 is 11.6 Å². The van der Waals surface area contributed by atoms with Crippen LogP contribution in [0.3, 0.4) is 0 Å². The third-order valence-corrected chi connectivity index (χ3v) is 5.77. The quantitative estimate of drug-likeness (QED) is 0.688. The van der Waals surface area contributed by atoms with E-state index in [0.29, 0.717) is 29.3 Å². The predicted octanol–water partition coefficient (Wildman–Crippen LogP) is 4.65. The standard InChI is InChI=1S/C21H22Cl2N2O2/c22-16-10-8-15(9-11-16)19(17-6-2-3-7-18(17)23)25-20(27)21(24-14-26)12-4-1-5-13-21/h2-3,6-11,14,19H,1,4-5,12-13H2,(H,24,26)(H,25,27). The van der Waals surface area contributed by atoms with Gasteiger partial charge in [-0.15, -0.1) is 0 Å². The van der Waals surface area contributed by atoms with E-state index in [0.717, 1.165) is 30.4 Å². The van der Waals surface area contributed by atoms with Crippen LogP contribution in [0.15, 0.2) is 48.5 Å². The monoisotopic (exact) mass is 404 g/mol. The minimum Gasteiger partial charge on any atom is -0.344 e. The van der Waals surface area contributed by atoms with E-state index >= 15 is 0 Å². The lowest BCUT2D eigenvalue weighted by molar-refractivity contribution is -0.132. The molecule has 1 aliphatic rings. The van der Waals surface area contributed by atoms with Crippen molar-refractivity contribution in [3.63, 3.8) is 0 Å². The minimum atomic E-state index is -0.869. The van der Waals surface area contributed by atoms with Gasteiger partial charge < -0.3 is 10.6 Å². The molecule has 3 rings (SSSR count). The fourth-order valence-electron chi connectivity index (χ4n) is 3.68. The van der Waals surface area contributed by atoms with Gasteiger partial charge in [0.15, 0.2) is 0 Å². The molecule has 2 N–H and O–H groups in total. The highest BCUT2D eigenvalue weighted by molar-refractivity contribution is 6.31. The second-order valence-corrected chi connectivity index (χ2v) is 7.73. The Bertz CT molecular complexity index is 802. The van der Waals surface area contributed by atoms with Crippen molar-refractivity contribution in [2.24, 2.45) is 0 Å². The topological polar surface area (TPSA) is 58.2 Å². The maximum Gasteiger partial charge on any atom is 0.246 e. The molecule has 1 aliphatic carbocycles. The molecule has 0 heterocycles. The molecule has 0 bridgehead atoms. The van der Waals surface area contributed by atoms with Crippen molar-refractivity contribution < 1.29 is 9.59 Å². The van der Waals surface area contributed by atoms with Gasteiger partial charge in [0, 0.05) is 10.0 Å². The molecule has 27 heavy (non-hydrogen) atoms. The molecule has 0 aromatic heterocycles. The highest BCUT2D eigenvalue weighted by Gasteiger charge is 2.40. The van der Waals surface area contributed by atoms with Gasteiger partial charge in [0.1, 0.15) is 5.54 Å². The van der Waals surface area contributed by atoms with Crippen LogP contribution in [0.25, 0.3) is 0 Å². The van der Waals surface area contributed by atoms with Crippen LogP contribution >= 0.6 is 23.2 Å². The van der Waals surface area contributed by atoms with Gasteiger partial charge in [0.25, 0.3) is 0 Å². The summed E-state index contributed by atoms with van der Waals surface area (Å²) >= 11 is 12.4. The number of carbonyl (C=O) groups is 2. The molecule has 0 radical (unpaired) electrons. The van der Waals surface area contributed by atoms with Crippen LogP contribution in [0.1, 0.15) is 49.3 Å². The summed E-state index contributed by atoms with van der Waals surface area (Å²) in [4.78, 5) is 24.4. The van der Waals surface area contributed by atoms with Gasteiger partial charge >= 0.3 is 0 Å². The number of rotatable bonds is 6. The Morgan fingerprint density at radius 3 is 2.30 bits per heavy atom. The Hall–Kier alpha value is -2.04. The molecule has 2 aromatic rings. The van der Waals surface area contributed by atoms with Crippen molar-refractivity contribution >= 4 is 35.5 Å². The van der Waals surface area contributed by atoms with Gasteiger partial charge in [0.2, 0.25) is 12.3 Å². The van der Waals surface area contributed by atoms with E-state index in [1.165, 1.54) is 0 Å². The van der Waals surface area contributed by atoms with Gasteiger partial charge in [-0.25, -0.2) is 0 Å². The zero-order chi connectivity index (χ0) is 19.3. The number of benzene rings is 2. The molecule has 0 spiro atoms. The van der Waals surface area contributed by atoms with Crippen LogP contribution in [0.2, 0.25) is 10.0 Å². The van der Waals surface area contributed by atoms with Crippen LogP contribution in [0.5, 0.6) is 0 Å². The molecule has 0 saturated heterocycles. The Morgan fingerprint density at radius 1 is 1.00 bits per heavy atom. The van der Waals surface area contributed by atoms with E-state index in [4.69, 9.17) is 23.2 Å². The summed E-state index contributed by atoms with van der Waals surface area (Å²) in [5.41, 5.74) is 0.802. The summed E-state index contributed by atoms with van der Waals surface area (Å²) in [6.45, 7) is 0. The maximum absolute atomic E-state index is 13.2. The predicted molar refractivity (Wildman–Crippen MR) is 108 cm³/mol. The van der Waals surface area contributed by atoms with E-state index in [-0.39, 0.29) is 5.91 Å². The lowest BCUT2D eigenvalue weighted by Gasteiger charge is -2.36. The van der Waals surface area contributed by atoms with Gasteiger partial charge in [-0.3, -0.25) is 9.59 Å². The summed E-state index contributed by atoms with van der Waals surface area (Å²) in [5, 5.41) is 7.09. The van der Waals surface area contributed by atoms with Crippen molar-refractivity contribution in [3.05, 3.63) is 69.7 Å². The van der Waals surface area contributed by atoms with Crippen LogP contribution in [-0.2, 0) is 9.59 Å². The van der Waals surface area contributed by atoms with Crippen molar-refractivity contribution in [2.75, 3.05) is 0 Å². The Kier molecular flexibility index (Phi) is 6.40. The zero-order valence-electron chi connectivity index (χ0n) is 14.9. The van der Waals surface area contributed by atoms with Gasteiger partial charge in [0.05, 0.1) is 6.04 Å². The summed E-state index contributed by atoms with van der Waals surface area (Å²) in [7, 11) is 0. The number of hydrogen-bond donors (Lipinski definition) is 2. The molecule has 2 aromatic carbocycles. The first-order chi connectivity index (χ1) is 13.1. The average molecular weight is 405 g/mol. The molecule has 1 unspecified atom stereocenters. The molecular weight excluding hydrogens is 383 g/mol. The van der Waals surface area contributed by atoms with Crippen LogP contribution < -0.4 is 10.6 Å². The lowest BCUT2D eigenvalue weighted by atomic mass is 9.80. The average Bonchev–Trinajstić information content (AvgIpc) is 2.68. The Morgan fingerprint density at radius 2 is 1.67 bits per heavy atom. The van der Waals surface area contributed by atoms with Crippen molar-refractivity contribution in [1.29, 1.82) is 0 Å². The number of carbonyl (C=O) groups excluding carboxylic acids is 2. The summed E-state index contributed by atoms with van der Waals surface area (Å²) < 4.78 is 0. The Balaban J connectivity index is 1.95. The molecule has 0 aliphatic heterocycles. The summed E-state index contributed by atoms with van der Waals surface area (Å²) in [5.74, 6) is -0.186. The fourth-order valence-corrected chi connectivity index (χ4v) is 4.05. The molecule has 4 nitrogen and oxygen atoms in total. The smallest absolute Gasteiger partial charge is 0.246 e. The van der Waals surface area contributed by atoms with Gasteiger partial charge in [-0.05, 0) is 42.2 Å². The van der Waals surface area contributed by atoms with Gasteiger partial charge in [-0.1, -0.05) is 72.8 Å². The number of nitrogens with one attached hydrogen (secondary N) is 2. The third-order valence-electron chi connectivity index (χ3n) is 5.17.